The minimum absolute atomic E-state index is 0. The Labute approximate surface area is 181 Å². The Balaban J connectivity index is 0.00000392. The fourth-order valence-corrected chi connectivity index (χ4v) is 2.81. The number of thiazole rings is 1. The molecule has 0 spiro atoms. The van der Waals surface area contributed by atoms with Crippen molar-refractivity contribution in [2.24, 2.45) is 4.99 Å². The van der Waals surface area contributed by atoms with Crippen molar-refractivity contribution in [2.45, 2.75) is 19.5 Å². The molecule has 0 aliphatic heterocycles. The monoisotopic (exact) mass is 531 g/mol. The Bertz CT molecular complexity index is 750. The maximum Gasteiger partial charge on any atom is 0.434 e. The number of alkyl halides is 3. The number of guanidine groups is 1. The number of hydrogen-bond acceptors (Lipinski definition) is 5. The van der Waals surface area contributed by atoms with Crippen LogP contribution in [0.4, 0.5) is 13.2 Å². The molecule has 2 heterocycles. The molecule has 2 aromatic rings. The molecule has 0 aliphatic rings. The lowest BCUT2D eigenvalue weighted by atomic mass is 10.4. The Hall–Kier alpha value is -1.83. The number of hydrogen-bond donors (Lipinski definition) is 3. The average molecular weight is 531 g/mol. The molecule has 0 saturated carbocycles. The molecular weight excluding hydrogens is 510 g/mol. The molecule has 28 heavy (non-hydrogen) atoms. The minimum atomic E-state index is -4.42. The largest absolute Gasteiger partial charge is 0.459 e. The molecule has 0 atom stereocenters. The summed E-state index contributed by atoms with van der Waals surface area (Å²) in [5.41, 5.74) is -0.871. The van der Waals surface area contributed by atoms with E-state index in [1.807, 2.05) is 6.92 Å². The number of halogens is 4. The van der Waals surface area contributed by atoms with Crippen LogP contribution in [0.1, 0.15) is 28.2 Å². The van der Waals surface area contributed by atoms with Gasteiger partial charge in [-0.3, -0.25) is 9.79 Å². The van der Waals surface area contributed by atoms with Crippen LogP contribution in [0.15, 0.2) is 33.2 Å². The van der Waals surface area contributed by atoms with E-state index in [1.165, 1.54) is 6.26 Å². The first-order valence-corrected chi connectivity index (χ1v) is 9.13. The van der Waals surface area contributed by atoms with Crippen LogP contribution in [0.5, 0.6) is 0 Å². The Morgan fingerprint density at radius 1 is 1.29 bits per heavy atom. The van der Waals surface area contributed by atoms with Crippen LogP contribution in [0.2, 0.25) is 0 Å². The zero-order valence-electron chi connectivity index (χ0n) is 15.0. The van der Waals surface area contributed by atoms with Crippen LogP contribution in [0, 0.1) is 0 Å². The van der Waals surface area contributed by atoms with Gasteiger partial charge in [0.1, 0.15) is 0 Å². The number of furan rings is 1. The normalized spacial score (nSPS) is 11.6. The Morgan fingerprint density at radius 3 is 2.64 bits per heavy atom. The standard InChI is InChI=1S/C16H20F3N5O2S.HI/c1-2-20-15(23-8-7-21-14(25)11-4-3-9-26-11)22-6-5-13-24-12(10-27-13)16(17,18)19;/h3-4,9-10H,2,5-8H2,1H3,(H,21,25)(H2,20,22,23);1H. The van der Waals surface area contributed by atoms with Crippen LogP contribution in [-0.2, 0) is 12.6 Å². The lowest BCUT2D eigenvalue weighted by molar-refractivity contribution is -0.140. The average Bonchev–Trinajstić information content (AvgIpc) is 3.29. The molecule has 0 bridgehead atoms. The van der Waals surface area contributed by atoms with Gasteiger partial charge in [-0.25, -0.2) is 4.98 Å². The number of amides is 1. The number of rotatable bonds is 8. The third-order valence-electron chi connectivity index (χ3n) is 3.23. The molecular formula is C16H21F3IN5O2S. The second-order valence-corrected chi connectivity index (χ2v) is 6.24. The van der Waals surface area contributed by atoms with E-state index in [2.05, 4.69) is 25.9 Å². The van der Waals surface area contributed by atoms with Gasteiger partial charge in [0.2, 0.25) is 0 Å². The Morgan fingerprint density at radius 2 is 2.04 bits per heavy atom. The smallest absolute Gasteiger partial charge is 0.434 e. The number of carbonyl (C=O) groups is 1. The number of aliphatic imine (C=N–C) groups is 1. The summed E-state index contributed by atoms with van der Waals surface area (Å²) in [5, 5.41) is 10.1. The SMILES string of the molecule is CCNC(=NCCc1nc(C(F)(F)F)cs1)NCCNC(=O)c1ccco1.I. The molecule has 0 aromatic carbocycles. The molecule has 3 N–H and O–H groups in total. The highest BCUT2D eigenvalue weighted by atomic mass is 127. The zero-order valence-corrected chi connectivity index (χ0v) is 18.2. The maximum absolute atomic E-state index is 12.5. The number of aromatic nitrogens is 1. The first-order chi connectivity index (χ1) is 12.9. The van der Waals surface area contributed by atoms with Crippen LogP contribution < -0.4 is 16.0 Å². The molecule has 156 valence electrons. The van der Waals surface area contributed by atoms with E-state index in [4.69, 9.17) is 4.42 Å². The van der Waals surface area contributed by atoms with Crippen molar-refractivity contribution in [2.75, 3.05) is 26.2 Å². The van der Waals surface area contributed by atoms with Gasteiger partial charge in [0.05, 0.1) is 11.3 Å². The van der Waals surface area contributed by atoms with Gasteiger partial charge in [0, 0.05) is 38.0 Å². The second kappa shape index (κ2) is 11.9. The summed E-state index contributed by atoms with van der Waals surface area (Å²) in [5.74, 6) is 0.433. The summed E-state index contributed by atoms with van der Waals surface area (Å²) in [6.07, 6.45) is -2.69. The molecule has 0 radical (unpaired) electrons. The lowest BCUT2D eigenvalue weighted by Crippen LogP contribution is -2.41. The lowest BCUT2D eigenvalue weighted by Gasteiger charge is -2.11. The van der Waals surface area contributed by atoms with Gasteiger partial charge in [0.15, 0.2) is 17.4 Å². The molecule has 0 unspecified atom stereocenters. The van der Waals surface area contributed by atoms with Crippen LogP contribution in [0.3, 0.4) is 0 Å². The van der Waals surface area contributed by atoms with Crippen molar-refractivity contribution < 1.29 is 22.4 Å². The van der Waals surface area contributed by atoms with Crippen molar-refractivity contribution >= 4 is 47.2 Å². The summed E-state index contributed by atoms with van der Waals surface area (Å²) in [4.78, 5) is 19.6. The van der Waals surface area contributed by atoms with E-state index in [0.29, 0.717) is 43.6 Å². The zero-order chi connectivity index (χ0) is 19.7. The maximum atomic E-state index is 12.5. The molecule has 0 saturated heterocycles. The number of nitrogens with zero attached hydrogens (tertiary/aromatic N) is 2. The summed E-state index contributed by atoms with van der Waals surface area (Å²) in [7, 11) is 0. The van der Waals surface area contributed by atoms with Crippen molar-refractivity contribution in [3.05, 3.63) is 40.2 Å². The van der Waals surface area contributed by atoms with Crippen molar-refractivity contribution in [1.82, 2.24) is 20.9 Å². The molecule has 0 aliphatic carbocycles. The van der Waals surface area contributed by atoms with Crippen molar-refractivity contribution in [3.63, 3.8) is 0 Å². The first-order valence-electron chi connectivity index (χ1n) is 8.25. The highest BCUT2D eigenvalue weighted by Gasteiger charge is 2.33. The highest BCUT2D eigenvalue weighted by molar-refractivity contribution is 14.0. The Kier molecular flexibility index (Phi) is 10.3. The highest BCUT2D eigenvalue weighted by Crippen LogP contribution is 2.30. The van der Waals surface area contributed by atoms with Gasteiger partial charge in [-0.15, -0.1) is 35.3 Å². The number of carbonyl (C=O) groups excluding carboxylic acids is 1. The van der Waals surface area contributed by atoms with Gasteiger partial charge in [-0.1, -0.05) is 0 Å². The molecule has 0 fully saturated rings. The predicted molar refractivity (Wildman–Crippen MR) is 111 cm³/mol. The fourth-order valence-electron chi connectivity index (χ4n) is 2.01. The van der Waals surface area contributed by atoms with Gasteiger partial charge in [-0.05, 0) is 19.1 Å². The molecule has 2 rings (SSSR count). The van der Waals surface area contributed by atoms with Gasteiger partial charge in [0.25, 0.3) is 5.91 Å². The number of nitrogens with one attached hydrogen (secondary N) is 3. The molecule has 2 aromatic heterocycles. The van der Waals surface area contributed by atoms with Crippen molar-refractivity contribution in [1.29, 1.82) is 0 Å². The third-order valence-corrected chi connectivity index (χ3v) is 4.14. The van der Waals surface area contributed by atoms with E-state index >= 15 is 0 Å². The van der Waals surface area contributed by atoms with Crippen LogP contribution >= 0.6 is 35.3 Å². The fraction of sp³-hybridized carbons (Fsp3) is 0.438. The topological polar surface area (TPSA) is 91.5 Å². The van der Waals surface area contributed by atoms with E-state index in [-0.39, 0.29) is 35.6 Å². The van der Waals surface area contributed by atoms with Gasteiger partial charge < -0.3 is 20.4 Å². The quantitative estimate of drug-likeness (QED) is 0.211. The third kappa shape index (κ3) is 8.04. The molecule has 7 nitrogen and oxygen atoms in total. The van der Waals surface area contributed by atoms with E-state index in [0.717, 1.165) is 16.7 Å². The summed E-state index contributed by atoms with van der Waals surface area (Å²) < 4.78 is 42.6. The summed E-state index contributed by atoms with van der Waals surface area (Å²) in [6, 6.07) is 3.19. The predicted octanol–water partition coefficient (Wildman–Crippen LogP) is 2.90. The van der Waals surface area contributed by atoms with Crippen LogP contribution in [-0.4, -0.2) is 43.0 Å². The minimum Gasteiger partial charge on any atom is -0.459 e. The molecule has 12 heteroatoms. The van der Waals surface area contributed by atoms with Crippen molar-refractivity contribution in [3.8, 4) is 0 Å². The van der Waals surface area contributed by atoms with E-state index in [9.17, 15) is 18.0 Å². The summed E-state index contributed by atoms with van der Waals surface area (Å²) >= 11 is 0.967. The van der Waals surface area contributed by atoms with E-state index < -0.39 is 11.9 Å². The second-order valence-electron chi connectivity index (χ2n) is 5.29. The van der Waals surface area contributed by atoms with Gasteiger partial charge in [-0.2, -0.15) is 13.2 Å². The van der Waals surface area contributed by atoms with E-state index in [1.54, 1.807) is 12.1 Å². The van der Waals surface area contributed by atoms with Gasteiger partial charge >= 0.3 is 6.18 Å². The first kappa shape index (κ1) is 24.2. The summed E-state index contributed by atoms with van der Waals surface area (Å²) in [6.45, 7) is 3.59. The molecule has 1 amide bonds. The van der Waals surface area contributed by atoms with Crippen LogP contribution in [0.25, 0.3) is 0 Å².